The Morgan fingerprint density at radius 1 is 1.29 bits per heavy atom. The van der Waals surface area contributed by atoms with Crippen LogP contribution in [0.25, 0.3) is 0 Å². The molecule has 3 nitrogen and oxygen atoms in total. The molecule has 0 radical (unpaired) electrons. The molecule has 0 saturated carbocycles. The molecule has 1 amide bonds. The molecule has 0 fully saturated rings. The first-order valence-electron chi connectivity index (χ1n) is 5.23. The molecule has 0 spiro atoms. The van der Waals surface area contributed by atoms with Gasteiger partial charge in [-0.3, -0.25) is 4.79 Å². The van der Waals surface area contributed by atoms with Crippen LogP contribution in [0.2, 0.25) is 0 Å². The minimum Gasteiger partial charge on any atom is -0.459 e. The van der Waals surface area contributed by atoms with Gasteiger partial charge in [0, 0.05) is 12.1 Å². The van der Waals surface area contributed by atoms with E-state index >= 15 is 0 Å². The van der Waals surface area contributed by atoms with Gasteiger partial charge in [0.25, 0.3) is 5.91 Å². The minimum absolute atomic E-state index is 0.267. The number of hydrogen-bond acceptors (Lipinski definition) is 2. The molecule has 0 bridgehead atoms. The van der Waals surface area contributed by atoms with E-state index < -0.39 is 0 Å². The number of carbonyl (C=O) groups excluding carboxylic acids is 1. The number of halogens is 1. The van der Waals surface area contributed by atoms with Crippen LogP contribution >= 0.6 is 0 Å². The highest BCUT2D eigenvalue weighted by molar-refractivity contribution is 5.92. The molecular weight excluding hydrogens is 221 g/mol. The van der Waals surface area contributed by atoms with Crippen LogP contribution in [0, 0.1) is 12.7 Å². The standard InChI is InChI=1S/C13H12FNO2/c1-9-6-7-17-12(9)13(16)15-8-10-2-4-11(14)5-3-10/h2-7H,8H2,1H3,(H,15,16). The molecule has 0 aliphatic carbocycles. The Balaban J connectivity index is 1.97. The number of aryl methyl sites for hydroxylation is 1. The minimum atomic E-state index is -0.290. The second-order valence-corrected chi connectivity index (χ2v) is 3.74. The molecule has 0 saturated heterocycles. The summed E-state index contributed by atoms with van der Waals surface area (Å²) >= 11 is 0. The molecular formula is C13H12FNO2. The summed E-state index contributed by atoms with van der Waals surface area (Å²) in [5.74, 6) is -0.245. The maximum absolute atomic E-state index is 12.7. The van der Waals surface area contributed by atoms with Crippen LogP contribution in [0.4, 0.5) is 4.39 Å². The molecule has 2 aromatic rings. The average molecular weight is 233 g/mol. The fourth-order valence-electron chi connectivity index (χ4n) is 1.47. The van der Waals surface area contributed by atoms with Gasteiger partial charge in [-0.2, -0.15) is 0 Å². The number of amides is 1. The summed E-state index contributed by atoms with van der Waals surface area (Å²) in [4.78, 5) is 11.7. The van der Waals surface area contributed by atoms with E-state index in [4.69, 9.17) is 4.42 Å². The third-order valence-corrected chi connectivity index (χ3v) is 2.43. The van der Waals surface area contributed by atoms with Gasteiger partial charge in [0.2, 0.25) is 0 Å². The van der Waals surface area contributed by atoms with E-state index in [0.29, 0.717) is 12.3 Å². The molecule has 0 aliphatic heterocycles. The fraction of sp³-hybridized carbons (Fsp3) is 0.154. The Morgan fingerprint density at radius 3 is 2.59 bits per heavy atom. The van der Waals surface area contributed by atoms with Crippen LogP contribution < -0.4 is 5.32 Å². The zero-order chi connectivity index (χ0) is 12.3. The van der Waals surface area contributed by atoms with Crippen molar-refractivity contribution in [2.24, 2.45) is 0 Å². The first-order chi connectivity index (χ1) is 8.16. The largest absolute Gasteiger partial charge is 0.459 e. The van der Waals surface area contributed by atoms with E-state index in [-0.39, 0.29) is 11.7 Å². The smallest absolute Gasteiger partial charge is 0.287 e. The molecule has 0 unspecified atom stereocenters. The van der Waals surface area contributed by atoms with E-state index in [9.17, 15) is 9.18 Å². The predicted octanol–water partition coefficient (Wildman–Crippen LogP) is 2.66. The Bertz CT molecular complexity index is 516. The predicted molar refractivity (Wildman–Crippen MR) is 61.0 cm³/mol. The quantitative estimate of drug-likeness (QED) is 0.885. The summed E-state index contributed by atoms with van der Waals surface area (Å²) in [6.45, 7) is 2.15. The monoisotopic (exact) mass is 233 g/mol. The van der Waals surface area contributed by atoms with Crippen molar-refractivity contribution in [3.8, 4) is 0 Å². The SMILES string of the molecule is Cc1ccoc1C(=O)NCc1ccc(F)cc1. The summed E-state index contributed by atoms with van der Waals surface area (Å²) in [5, 5.41) is 2.71. The van der Waals surface area contributed by atoms with E-state index in [1.165, 1.54) is 18.4 Å². The molecule has 1 N–H and O–H groups in total. The van der Waals surface area contributed by atoms with Gasteiger partial charge in [0.1, 0.15) is 5.82 Å². The zero-order valence-electron chi connectivity index (χ0n) is 9.37. The number of carbonyl (C=O) groups is 1. The molecule has 17 heavy (non-hydrogen) atoms. The topological polar surface area (TPSA) is 42.2 Å². The van der Waals surface area contributed by atoms with Crippen LogP contribution in [0.5, 0.6) is 0 Å². The first kappa shape index (κ1) is 11.4. The lowest BCUT2D eigenvalue weighted by atomic mass is 10.2. The summed E-state index contributed by atoms with van der Waals surface area (Å²) in [6, 6.07) is 7.71. The van der Waals surface area contributed by atoms with E-state index in [0.717, 1.165) is 11.1 Å². The van der Waals surface area contributed by atoms with Crippen LogP contribution in [0.15, 0.2) is 41.0 Å². The van der Waals surface area contributed by atoms with Crippen molar-refractivity contribution in [3.63, 3.8) is 0 Å². The molecule has 0 atom stereocenters. The molecule has 2 rings (SSSR count). The first-order valence-corrected chi connectivity index (χ1v) is 5.23. The third-order valence-electron chi connectivity index (χ3n) is 2.43. The molecule has 1 heterocycles. The number of rotatable bonds is 3. The number of benzene rings is 1. The van der Waals surface area contributed by atoms with E-state index in [1.54, 1.807) is 25.1 Å². The Kier molecular flexibility index (Phi) is 3.23. The van der Waals surface area contributed by atoms with Crippen LogP contribution in [-0.2, 0) is 6.54 Å². The number of furan rings is 1. The lowest BCUT2D eigenvalue weighted by molar-refractivity contribution is 0.0922. The second-order valence-electron chi connectivity index (χ2n) is 3.74. The lowest BCUT2D eigenvalue weighted by Gasteiger charge is -2.04. The summed E-state index contributed by atoms with van der Waals surface area (Å²) in [5.41, 5.74) is 1.63. The highest BCUT2D eigenvalue weighted by atomic mass is 19.1. The van der Waals surface area contributed by atoms with Crippen molar-refractivity contribution in [2.45, 2.75) is 13.5 Å². The Labute approximate surface area is 98.3 Å². The fourth-order valence-corrected chi connectivity index (χ4v) is 1.47. The van der Waals surface area contributed by atoms with Gasteiger partial charge in [0.15, 0.2) is 5.76 Å². The highest BCUT2D eigenvalue weighted by Crippen LogP contribution is 2.09. The maximum Gasteiger partial charge on any atom is 0.287 e. The van der Waals surface area contributed by atoms with Gasteiger partial charge < -0.3 is 9.73 Å². The van der Waals surface area contributed by atoms with Crippen LogP contribution in [0.1, 0.15) is 21.7 Å². The van der Waals surface area contributed by atoms with E-state index in [1.807, 2.05) is 0 Å². The summed E-state index contributed by atoms with van der Waals surface area (Å²) in [6.07, 6.45) is 1.47. The third kappa shape index (κ3) is 2.72. The van der Waals surface area contributed by atoms with Crippen molar-refractivity contribution in [1.82, 2.24) is 5.32 Å². The lowest BCUT2D eigenvalue weighted by Crippen LogP contribution is -2.22. The Hall–Kier alpha value is -2.10. The molecule has 0 aliphatic rings. The van der Waals surface area contributed by atoms with Crippen molar-refractivity contribution < 1.29 is 13.6 Å². The Morgan fingerprint density at radius 2 is 2.00 bits per heavy atom. The van der Waals surface area contributed by atoms with Gasteiger partial charge in [-0.25, -0.2) is 4.39 Å². The molecule has 1 aromatic heterocycles. The van der Waals surface area contributed by atoms with Crippen LogP contribution in [-0.4, -0.2) is 5.91 Å². The summed E-state index contributed by atoms with van der Waals surface area (Å²) in [7, 11) is 0. The van der Waals surface area contributed by atoms with Crippen molar-refractivity contribution >= 4 is 5.91 Å². The van der Waals surface area contributed by atoms with Gasteiger partial charge in [0.05, 0.1) is 6.26 Å². The second kappa shape index (κ2) is 4.82. The van der Waals surface area contributed by atoms with Gasteiger partial charge >= 0.3 is 0 Å². The molecule has 4 heteroatoms. The van der Waals surface area contributed by atoms with Crippen molar-refractivity contribution in [3.05, 3.63) is 59.3 Å². The number of nitrogens with one attached hydrogen (secondary N) is 1. The molecule has 88 valence electrons. The highest BCUT2D eigenvalue weighted by Gasteiger charge is 2.11. The number of hydrogen-bond donors (Lipinski definition) is 1. The van der Waals surface area contributed by atoms with Gasteiger partial charge in [-0.15, -0.1) is 0 Å². The average Bonchev–Trinajstić information content (AvgIpc) is 2.74. The van der Waals surface area contributed by atoms with Gasteiger partial charge in [-0.1, -0.05) is 12.1 Å². The van der Waals surface area contributed by atoms with Crippen molar-refractivity contribution in [1.29, 1.82) is 0 Å². The van der Waals surface area contributed by atoms with Crippen molar-refractivity contribution in [2.75, 3.05) is 0 Å². The zero-order valence-corrected chi connectivity index (χ0v) is 9.37. The normalized spacial score (nSPS) is 10.2. The maximum atomic E-state index is 12.7. The summed E-state index contributed by atoms with van der Waals surface area (Å²) < 4.78 is 17.7. The van der Waals surface area contributed by atoms with Gasteiger partial charge in [-0.05, 0) is 30.7 Å². The van der Waals surface area contributed by atoms with E-state index in [2.05, 4.69) is 5.32 Å². The van der Waals surface area contributed by atoms with Crippen LogP contribution in [0.3, 0.4) is 0 Å². The molecule has 1 aromatic carbocycles.